The van der Waals surface area contributed by atoms with Crippen LogP contribution in [0.25, 0.3) is 0 Å². The summed E-state index contributed by atoms with van der Waals surface area (Å²) in [6, 6.07) is 0. The first-order chi connectivity index (χ1) is 7.97. The number of aliphatic hydroxyl groups excluding tert-OH is 1. The Hall–Kier alpha value is -0.450. The second-order valence-electron chi connectivity index (χ2n) is 4.58. The van der Waals surface area contributed by atoms with E-state index < -0.39 is 11.9 Å². The predicted octanol–water partition coefficient (Wildman–Crippen LogP) is 2.28. The molecule has 102 valence electrons. The van der Waals surface area contributed by atoms with E-state index in [2.05, 4.69) is 0 Å². The molecule has 0 aliphatic carbocycles. The monoisotopic (exact) mass is 246 g/mol. The van der Waals surface area contributed by atoms with Gasteiger partial charge >= 0.3 is 0 Å². The smallest absolute Gasteiger partial charge is 0.168 e. The Bertz CT molecular complexity index is 208. The van der Waals surface area contributed by atoms with Crippen molar-refractivity contribution in [2.24, 2.45) is 0 Å². The normalized spacial score (nSPS) is 18.4. The zero-order chi connectivity index (χ0) is 13.3. The van der Waals surface area contributed by atoms with Crippen molar-refractivity contribution in [1.82, 2.24) is 0 Å². The molecule has 0 radical (unpaired) electrons. The van der Waals surface area contributed by atoms with E-state index >= 15 is 0 Å². The van der Waals surface area contributed by atoms with Crippen LogP contribution in [0.3, 0.4) is 0 Å². The van der Waals surface area contributed by atoms with E-state index in [9.17, 15) is 9.90 Å². The highest BCUT2D eigenvalue weighted by Gasteiger charge is 2.30. The van der Waals surface area contributed by atoms with Crippen LogP contribution in [0, 0.1) is 0 Å². The Morgan fingerprint density at radius 1 is 1.41 bits per heavy atom. The molecule has 0 aliphatic heterocycles. The van der Waals surface area contributed by atoms with Crippen LogP contribution in [0.5, 0.6) is 0 Å². The predicted molar refractivity (Wildman–Crippen MR) is 66.8 cm³/mol. The number of hydrogen-bond donors (Lipinski definition) is 1. The number of rotatable bonds is 10. The quantitative estimate of drug-likeness (QED) is 0.474. The minimum Gasteiger partial charge on any atom is -0.392 e. The maximum Gasteiger partial charge on any atom is 0.168 e. The summed E-state index contributed by atoms with van der Waals surface area (Å²) < 4.78 is 11.5. The van der Waals surface area contributed by atoms with Gasteiger partial charge in [-0.25, -0.2) is 0 Å². The van der Waals surface area contributed by atoms with Crippen molar-refractivity contribution < 1.29 is 19.4 Å². The highest BCUT2D eigenvalue weighted by molar-refractivity contribution is 5.50. The molecule has 0 saturated carbocycles. The average Bonchev–Trinajstić information content (AvgIpc) is 2.26. The second-order valence-corrected chi connectivity index (χ2v) is 4.58. The summed E-state index contributed by atoms with van der Waals surface area (Å²) in [4.78, 5) is 10.4. The molecule has 0 saturated heterocycles. The van der Waals surface area contributed by atoms with E-state index in [1.54, 1.807) is 0 Å². The highest BCUT2D eigenvalue weighted by atomic mass is 16.7. The Morgan fingerprint density at radius 2 is 2.06 bits per heavy atom. The van der Waals surface area contributed by atoms with Gasteiger partial charge in [-0.15, -0.1) is 0 Å². The Balaban J connectivity index is 4.41. The van der Waals surface area contributed by atoms with E-state index in [0.29, 0.717) is 19.3 Å². The molecule has 0 fully saturated rings. The fraction of sp³-hybridized carbons (Fsp3) is 0.923. The molecule has 0 aromatic heterocycles. The van der Waals surface area contributed by atoms with Crippen LogP contribution >= 0.6 is 0 Å². The van der Waals surface area contributed by atoms with Crippen LogP contribution in [0.1, 0.15) is 53.4 Å². The standard InChI is InChI=1S/C13H26O4/c1-5-9-16-13(4,17-11(3)6-2)10-12(15)7-8-14/h8,11-12,15H,5-7,9-10H2,1-4H3/t11?,12-,13?/m0/s1. The Labute approximate surface area is 104 Å². The van der Waals surface area contributed by atoms with Gasteiger partial charge in [-0.3, -0.25) is 0 Å². The van der Waals surface area contributed by atoms with Gasteiger partial charge in [0.2, 0.25) is 0 Å². The van der Waals surface area contributed by atoms with Gasteiger partial charge in [-0.05, 0) is 26.7 Å². The minimum absolute atomic E-state index is 0.0697. The lowest BCUT2D eigenvalue weighted by molar-refractivity contribution is -0.257. The van der Waals surface area contributed by atoms with Gasteiger partial charge in [0.05, 0.1) is 12.2 Å². The SMILES string of the molecule is CCCOC(C)(C[C@@H](O)CC=O)OC(C)CC. The lowest BCUT2D eigenvalue weighted by Gasteiger charge is -2.34. The number of aliphatic hydroxyl groups is 1. The third-order valence-electron chi connectivity index (χ3n) is 2.61. The molecule has 0 aromatic rings. The van der Waals surface area contributed by atoms with Crippen LogP contribution in [0.15, 0.2) is 0 Å². The third-order valence-corrected chi connectivity index (χ3v) is 2.61. The average molecular weight is 246 g/mol. The maximum absolute atomic E-state index is 10.4. The summed E-state index contributed by atoms with van der Waals surface area (Å²) in [6.07, 6.45) is 2.29. The first-order valence-corrected chi connectivity index (χ1v) is 6.40. The van der Waals surface area contributed by atoms with Crippen molar-refractivity contribution >= 4 is 6.29 Å². The molecule has 0 rings (SSSR count). The number of carbonyl (C=O) groups excluding carboxylic acids is 1. The van der Waals surface area contributed by atoms with Crippen LogP contribution in [0.4, 0.5) is 0 Å². The van der Waals surface area contributed by atoms with E-state index in [0.717, 1.165) is 12.8 Å². The maximum atomic E-state index is 10.4. The van der Waals surface area contributed by atoms with E-state index in [-0.39, 0.29) is 12.5 Å². The number of aldehydes is 1. The van der Waals surface area contributed by atoms with Crippen LogP contribution in [-0.2, 0) is 14.3 Å². The highest BCUT2D eigenvalue weighted by Crippen LogP contribution is 2.23. The molecule has 0 amide bonds. The van der Waals surface area contributed by atoms with E-state index in [1.165, 1.54) is 0 Å². The van der Waals surface area contributed by atoms with Gasteiger partial charge in [-0.2, -0.15) is 0 Å². The number of hydrogen-bond acceptors (Lipinski definition) is 4. The fourth-order valence-corrected chi connectivity index (χ4v) is 1.59. The zero-order valence-corrected chi connectivity index (χ0v) is 11.4. The van der Waals surface area contributed by atoms with Crippen LogP contribution in [-0.4, -0.2) is 36.0 Å². The van der Waals surface area contributed by atoms with Crippen molar-refractivity contribution in [2.75, 3.05) is 6.61 Å². The van der Waals surface area contributed by atoms with Gasteiger partial charge in [0.1, 0.15) is 6.29 Å². The molecule has 4 nitrogen and oxygen atoms in total. The van der Waals surface area contributed by atoms with Crippen LogP contribution in [0.2, 0.25) is 0 Å². The van der Waals surface area contributed by atoms with Gasteiger partial charge in [0, 0.05) is 19.4 Å². The Morgan fingerprint density at radius 3 is 2.53 bits per heavy atom. The molecule has 1 N–H and O–H groups in total. The van der Waals surface area contributed by atoms with Crippen LogP contribution < -0.4 is 0 Å². The fourth-order valence-electron chi connectivity index (χ4n) is 1.59. The first-order valence-electron chi connectivity index (χ1n) is 6.40. The molecular formula is C13H26O4. The van der Waals surface area contributed by atoms with E-state index in [1.807, 2.05) is 27.7 Å². The van der Waals surface area contributed by atoms with Crippen molar-refractivity contribution in [3.05, 3.63) is 0 Å². The van der Waals surface area contributed by atoms with Crippen molar-refractivity contribution in [2.45, 2.75) is 71.4 Å². The van der Waals surface area contributed by atoms with Gasteiger partial charge in [0.15, 0.2) is 5.79 Å². The first kappa shape index (κ1) is 16.6. The minimum atomic E-state index is -0.812. The molecule has 3 atom stereocenters. The molecule has 0 aliphatic rings. The lowest BCUT2D eigenvalue weighted by atomic mass is 10.1. The molecule has 0 bridgehead atoms. The molecule has 0 aromatic carbocycles. The van der Waals surface area contributed by atoms with Gasteiger partial charge in [0.25, 0.3) is 0 Å². The zero-order valence-electron chi connectivity index (χ0n) is 11.4. The van der Waals surface area contributed by atoms with Gasteiger partial charge < -0.3 is 19.4 Å². The van der Waals surface area contributed by atoms with Crippen molar-refractivity contribution in [1.29, 1.82) is 0 Å². The molecule has 4 heteroatoms. The lowest BCUT2D eigenvalue weighted by Crippen LogP contribution is -2.39. The molecule has 0 spiro atoms. The Kier molecular flexibility index (Phi) is 8.39. The van der Waals surface area contributed by atoms with E-state index in [4.69, 9.17) is 9.47 Å². The molecule has 2 unspecified atom stereocenters. The van der Waals surface area contributed by atoms with Crippen molar-refractivity contribution in [3.8, 4) is 0 Å². The summed E-state index contributed by atoms with van der Waals surface area (Å²) in [5.41, 5.74) is 0. The largest absolute Gasteiger partial charge is 0.392 e. The summed E-state index contributed by atoms with van der Waals surface area (Å²) in [5, 5.41) is 9.68. The number of carbonyl (C=O) groups is 1. The van der Waals surface area contributed by atoms with Crippen molar-refractivity contribution in [3.63, 3.8) is 0 Å². The molecule has 0 heterocycles. The summed E-state index contributed by atoms with van der Waals surface area (Å²) >= 11 is 0. The summed E-state index contributed by atoms with van der Waals surface area (Å²) in [7, 11) is 0. The number of ether oxygens (including phenoxy) is 2. The second kappa shape index (κ2) is 8.61. The summed E-state index contributed by atoms with van der Waals surface area (Å²) in [6.45, 7) is 8.43. The topological polar surface area (TPSA) is 55.8 Å². The molecular weight excluding hydrogens is 220 g/mol. The molecule has 17 heavy (non-hydrogen) atoms. The van der Waals surface area contributed by atoms with Gasteiger partial charge in [-0.1, -0.05) is 13.8 Å². The summed E-state index contributed by atoms with van der Waals surface area (Å²) in [5.74, 6) is -0.812. The third kappa shape index (κ3) is 7.47.